The molecule has 0 aliphatic carbocycles. The molecule has 0 bridgehead atoms. The zero-order valence-corrected chi connectivity index (χ0v) is 15.7. The zero-order chi connectivity index (χ0) is 17.3. The highest BCUT2D eigenvalue weighted by atomic mass is 32.2. The molecule has 1 atom stereocenters. The van der Waals surface area contributed by atoms with E-state index >= 15 is 0 Å². The van der Waals surface area contributed by atoms with E-state index in [2.05, 4.69) is 0 Å². The van der Waals surface area contributed by atoms with Gasteiger partial charge in [-0.2, -0.15) is 0 Å². The van der Waals surface area contributed by atoms with E-state index in [1.54, 1.807) is 18.9 Å². The largest absolute Gasteiger partial charge is 0.497 e. The van der Waals surface area contributed by atoms with Gasteiger partial charge in [0.2, 0.25) is 5.91 Å². The van der Waals surface area contributed by atoms with Gasteiger partial charge < -0.3 is 14.4 Å². The van der Waals surface area contributed by atoms with Gasteiger partial charge in [0.1, 0.15) is 5.75 Å². The minimum Gasteiger partial charge on any atom is -0.497 e. The van der Waals surface area contributed by atoms with E-state index in [0.29, 0.717) is 13.1 Å². The summed E-state index contributed by atoms with van der Waals surface area (Å²) in [4.78, 5) is 15.8. The second-order valence-corrected chi connectivity index (χ2v) is 8.67. The Kier molecular flexibility index (Phi) is 5.31. The van der Waals surface area contributed by atoms with E-state index in [0.717, 1.165) is 10.6 Å². The van der Waals surface area contributed by atoms with Gasteiger partial charge in [0.15, 0.2) is 0 Å². The van der Waals surface area contributed by atoms with Crippen molar-refractivity contribution in [1.82, 2.24) is 4.90 Å². The minimum atomic E-state index is -0.318. The second kappa shape index (κ2) is 6.73. The van der Waals surface area contributed by atoms with E-state index in [1.807, 2.05) is 63.8 Å². The van der Waals surface area contributed by atoms with E-state index in [1.165, 1.54) is 0 Å². The van der Waals surface area contributed by atoms with E-state index in [-0.39, 0.29) is 22.4 Å². The van der Waals surface area contributed by atoms with Crippen LogP contribution in [0.1, 0.15) is 34.6 Å². The van der Waals surface area contributed by atoms with Crippen LogP contribution in [0.3, 0.4) is 0 Å². The minimum absolute atomic E-state index is 0.131. The van der Waals surface area contributed by atoms with Gasteiger partial charge >= 0.3 is 0 Å². The van der Waals surface area contributed by atoms with Gasteiger partial charge in [-0.25, -0.2) is 0 Å². The molecule has 1 saturated heterocycles. The number of methoxy groups -OCH3 is 1. The van der Waals surface area contributed by atoms with Gasteiger partial charge in [-0.05, 0) is 58.9 Å². The van der Waals surface area contributed by atoms with E-state index in [4.69, 9.17) is 9.47 Å². The Bertz CT molecular complexity index is 538. The summed E-state index contributed by atoms with van der Waals surface area (Å²) in [6.07, 6.45) is 0. The lowest BCUT2D eigenvalue weighted by Gasteiger charge is -2.47. The number of ether oxygens (including phenoxy) is 2. The molecule has 1 aromatic carbocycles. The zero-order valence-electron chi connectivity index (χ0n) is 14.9. The molecule has 0 unspecified atom stereocenters. The number of carbonyl (C=O) groups is 1. The molecule has 2 rings (SSSR count). The Labute approximate surface area is 143 Å². The summed E-state index contributed by atoms with van der Waals surface area (Å²) in [5.74, 6) is 0.986. The lowest BCUT2D eigenvalue weighted by Crippen LogP contribution is -2.59. The molecule has 0 saturated carbocycles. The highest BCUT2D eigenvalue weighted by Crippen LogP contribution is 2.31. The molecule has 4 nitrogen and oxygen atoms in total. The molecule has 128 valence electrons. The molecular weight excluding hydrogens is 310 g/mol. The molecule has 1 aliphatic heterocycles. The Morgan fingerprint density at radius 2 is 1.70 bits per heavy atom. The van der Waals surface area contributed by atoms with Crippen LogP contribution in [0.2, 0.25) is 0 Å². The summed E-state index contributed by atoms with van der Waals surface area (Å²) >= 11 is 1.58. The van der Waals surface area contributed by atoms with Crippen LogP contribution in [0.15, 0.2) is 29.2 Å². The van der Waals surface area contributed by atoms with Crippen LogP contribution in [0, 0.1) is 0 Å². The molecular formula is C18H27NO3S. The van der Waals surface area contributed by atoms with Crippen molar-refractivity contribution in [1.29, 1.82) is 0 Å². The molecule has 1 fully saturated rings. The van der Waals surface area contributed by atoms with Crippen molar-refractivity contribution in [2.45, 2.75) is 56.0 Å². The first-order chi connectivity index (χ1) is 10.6. The first kappa shape index (κ1) is 18.1. The van der Waals surface area contributed by atoms with Crippen molar-refractivity contribution in [3.8, 4) is 5.75 Å². The molecule has 0 N–H and O–H groups in total. The maximum atomic E-state index is 12.8. The van der Waals surface area contributed by atoms with E-state index < -0.39 is 0 Å². The average molecular weight is 337 g/mol. The third kappa shape index (κ3) is 4.88. The number of hydrogen-bond donors (Lipinski definition) is 0. The van der Waals surface area contributed by atoms with Gasteiger partial charge in [0, 0.05) is 18.0 Å². The topological polar surface area (TPSA) is 38.8 Å². The quantitative estimate of drug-likeness (QED) is 0.787. The summed E-state index contributed by atoms with van der Waals surface area (Å²) in [6, 6.07) is 7.81. The van der Waals surface area contributed by atoms with Crippen LogP contribution < -0.4 is 4.74 Å². The third-order valence-electron chi connectivity index (χ3n) is 3.73. The first-order valence-electron chi connectivity index (χ1n) is 7.92. The molecule has 23 heavy (non-hydrogen) atoms. The van der Waals surface area contributed by atoms with Crippen LogP contribution in [-0.2, 0) is 9.53 Å². The summed E-state index contributed by atoms with van der Waals surface area (Å²) in [7, 11) is 1.65. The number of benzene rings is 1. The van der Waals surface area contributed by atoms with Gasteiger partial charge in [0.25, 0.3) is 0 Å². The fourth-order valence-corrected chi connectivity index (χ4v) is 4.06. The Morgan fingerprint density at radius 3 is 2.17 bits per heavy atom. The van der Waals surface area contributed by atoms with Crippen LogP contribution in [0.5, 0.6) is 5.75 Å². The number of hydrogen-bond acceptors (Lipinski definition) is 4. The molecule has 1 aromatic rings. The number of nitrogens with zero attached hydrogens (tertiary/aromatic N) is 1. The Morgan fingerprint density at radius 1 is 1.17 bits per heavy atom. The monoisotopic (exact) mass is 337 g/mol. The highest BCUT2D eigenvalue weighted by Gasteiger charge is 2.40. The van der Waals surface area contributed by atoms with Crippen molar-refractivity contribution >= 4 is 17.7 Å². The molecule has 0 spiro atoms. The predicted octanol–water partition coefficient (Wildman–Crippen LogP) is 3.59. The highest BCUT2D eigenvalue weighted by molar-refractivity contribution is 8.00. The smallest absolute Gasteiger partial charge is 0.235 e. The molecule has 5 heteroatoms. The van der Waals surface area contributed by atoms with Crippen molar-refractivity contribution < 1.29 is 14.3 Å². The summed E-state index contributed by atoms with van der Waals surface area (Å²) in [5.41, 5.74) is -0.635. The second-order valence-electron chi connectivity index (χ2n) is 7.25. The predicted molar refractivity (Wildman–Crippen MR) is 94.1 cm³/mol. The number of amides is 1. The normalized spacial score (nSPS) is 20.9. The number of carbonyl (C=O) groups excluding carboxylic acids is 1. The third-order valence-corrected chi connectivity index (χ3v) is 4.83. The summed E-state index contributed by atoms with van der Waals surface area (Å²) in [5, 5.41) is -0.131. The maximum Gasteiger partial charge on any atom is 0.235 e. The SMILES string of the molecule is COc1ccc(S[C@H](C)C(=O)N2CC(C)(C)OC(C)(C)C2)cc1. The van der Waals surface area contributed by atoms with Gasteiger partial charge in [0.05, 0.1) is 23.6 Å². The molecule has 0 radical (unpaired) electrons. The van der Waals surface area contributed by atoms with Crippen molar-refractivity contribution in [3.05, 3.63) is 24.3 Å². The lowest BCUT2D eigenvalue weighted by molar-refractivity contribution is -0.187. The van der Waals surface area contributed by atoms with E-state index in [9.17, 15) is 4.79 Å². The number of thioether (sulfide) groups is 1. The average Bonchev–Trinajstić information content (AvgIpc) is 2.44. The molecule has 1 amide bonds. The van der Waals surface area contributed by atoms with Gasteiger partial charge in [-0.1, -0.05) is 0 Å². The van der Waals surface area contributed by atoms with Crippen molar-refractivity contribution in [2.24, 2.45) is 0 Å². The standard InChI is InChI=1S/C18H27NO3S/c1-13(23-15-9-7-14(21-6)8-10-15)16(20)19-11-17(2,3)22-18(4,5)12-19/h7-10,13H,11-12H2,1-6H3/t13-/m1/s1. The van der Waals surface area contributed by atoms with Crippen molar-refractivity contribution in [3.63, 3.8) is 0 Å². The molecule has 1 aliphatic rings. The van der Waals surface area contributed by atoms with Crippen LogP contribution in [0.25, 0.3) is 0 Å². The Balaban J connectivity index is 2.03. The van der Waals surface area contributed by atoms with Crippen LogP contribution >= 0.6 is 11.8 Å². The summed E-state index contributed by atoms with van der Waals surface area (Å²) in [6.45, 7) is 11.4. The van der Waals surface area contributed by atoms with Crippen LogP contribution in [-0.4, -0.2) is 47.5 Å². The number of rotatable bonds is 4. The first-order valence-corrected chi connectivity index (χ1v) is 8.79. The Hall–Kier alpha value is -1.20. The fraction of sp³-hybridized carbons (Fsp3) is 0.611. The van der Waals surface area contributed by atoms with Crippen molar-refractivity contribution in [2.75, 3.05) is 20.2 Å². The number of morpholine rings is 1. The molecule has 1 heterocycles. The fourth-order valence-electron chi connectivity index (χ4n) is 3.11. The molecule has 0 aromatic heterocycles. The lowest BCUT2D eigenvalue weighted by atomic mass is 9.98. The van der Waals surface area contributed by atoms with Crippen LogP contribution in [0.4, 0.5) is 0 Å². The summed E-state index contributed by atoms with van der Waals surface area (Å²) < 4.78 is 11.2. The van der Waals surface area contributed by atoms with Gasteiger partial charge in [-0.3, -0.25) is 4.79 Å². The maximum absolute atomic E-state index is 12.8. The van der Waals surface area contributed by atoms with Gasteiger partial charge in [-0.15, -0.1) is 11.8 Å².